The van der Waals surface area contributed by atoms with Crippen molar-refractivity contribution in [1.29, 1.82) is 0 Å². The molecule has 0 amide bonds. The maximum absolute atomic E-state index is 11.9. The summed E-state index contributed by atoms with van der Waals surface area (Å²) in [5.41, 5.74) is 0.438. The number of anilines is 1. The molecular formula is C11H19BrN4O3S. The molecule has 0 fully saturated rings. The van der Waals surface area contributed by atoms with Gasteiger partial charge in [-0.1, -0.05) is 6.92 Å². The predicted molar refractivity (Wildman–Crippen MR) is 82.4 cm³/mol. The number of hydrogen-bond acceptors (Lipinski definition) is 5. The van der Waals surface area contributed by atoms with E-state index in [9.17, 15) is 13.2 Å². The number of aryl methyl sites for hydroxylation is 1. The molecule has 1 rings (SSSR count). The largest absolute Gasteiger partial charge is 0.383 e. The van der Waals surface area contributed by atoms with Crippen LogP contribution in [0.15, 0.2) is 15.5 Å². The first kappa shape index (κ1) is 17.1. The van der Waals surface area contributed by atoms with Crippen LogP contribution in [0.2, 0.25) is 0 Å². The van der Waals surface area contributed by atoms with Gasteiger partial charge in [-0.3, -0.25) is 4.79 Å². The van der Waals surface area contributed by atoms with Gasteiger partial charge >= 0.3 is 0 Å². The number of aromatic nitrogens is 2. The summed E-state index contributed by atoms with van der Waals surface area (Å²) in [6.45, 7) is 3.45. The summed E-state index contributed by atoms with van der Waals surface area (Å²) in [5.74, 6) is 0. The molecule has 7 nitrogen and oxygen atoms in total. The van der Waals surface area contributed by atoms with Gasteiger partial charge in [-0.25, -0.2) is 17.8 Å². The first-order valence-electron chi connectivity index (χ1n) is 6.29. The highest BCUT2D eigenvalue weighted by atomic mass is 79.9. The average molecular weight is 367 g/mol. The summed E-state index contributed by atoms with van der Waals surface area (Å²) in [6, 6.07) is 0. The summed E-state index contributed by atoms with van der Waals surface area (Å²) in [6.07, 6.45) is 4.15. The van der Waals surface area contributed by atoms with E-state index in [-0.39, 0.29) is 5.56 Å². The van der Waals surface area contributed by atoms with Gasteiger partial charge in [0.25, 0.3) is 5.56 Å². The fourth-order valence-electron chi connectivity index (χ4n) is 1.53. The molecule has 0 bridgehead atoms. The fourth-order valence-corrected chi connectivity index (χ4v) is 2.49. The van der Waals surface area contributed by atoms with Crippen LogP contribution in [0, 0.1) is 0 Å². The van der Waals surface area contributed by atoms with Crippen LogP contribution < -0.4 is 15.6 Å². The zero-order valence-corrected chi connectivity index (χ0v) is 13.9. The van der Waals surface area contributed by atoms with Crippen molar-refractivity contribution >= 4 is 31.6 Å². The fraction of sp³-hybridized carbons (Fsp3) is 0.636. The molecule has 0 unspecified atom stereocenters. The third kappa shape index (κ3) is 5.59. The highest BCUT2D eigenvalue weighted by Gasteiger charge is 2.07. The average Bonchev–Trinajstić information content (AvgIpc) is 2.36. The molecular weight excluding hydrogens is 348 g/mol. The molecule has 0 saturated carbocycles. The third-order valence-corrected chi connectivity index (χ3v) is 3.95. The predicted octanol–water partition coefficient (Wildman–Crippen LogP) is 0.767. The standard InChI is InChI=1S/C11H19BrN4O3S/c1-3-7-16-11(17)10(12)9(8-14-16)13-5-4-6-15-20(2,18)19/h8,13,15H,3-7H2,1-2H3. The Morgan fingerprint density at radius 2 is 2.10 bits per heavy atom. The Morgan fingerprint density at radius 3 is 2.70 bits per heavy atom. The Labute approximate surface area is 126 Å². The second-order valence-electron chi connectivity index (χ2n) is 4.35. The number of sulfonamides is 1. The Morgan fingerprint density at radius 1 is 1.40 bits per heavy atom. The van der Waals surface area contributed by atoms with E-state index in [0.29, 0.717) is 36.2 Å². The van der Waals surface area contributed by atoms with Crippen LogP contribution in [0.3, 0.4) is 0 Å². The lowest BCUT2D eigenvalue weighted by atomic mass is 10.4. The zero-order chi connectivity index (χ0) is 15.2. The van der Waals surface area contributed by atoms with Gasteiger partial charge in [-0.2, -0.15) is 5.10 Å². The van der Waals surface area contributed by atoms with Crippen molar-refractivity contribution in [3.8, 4) is 0 Å². The number of rotatable bonds is 8. The smallest absolute Gasteiger partial charge is 0.283 e. The molecule has 1 heterocycles. The zero-order valence-electron chi connectivity index (χ0n) is 11.5. The molecule has 1 aromatic heterocycles. The van der Waals surface area contributed by atoms with Gasteiger partial charge in [0.05, 0.1) is 18.1 Å². The Bertz CT molecular complexity index is 600. The summed E-state index contributed by atoms with van der Waals surface area (Å²) >= 11 is 3.25. The van der Waals surface area contributed by atoms with Crippen molar-refractivity contribution in [1.82, 2.24) is 14.5 Å². The van der Waals surface area contributed by atoms with E-state index in [1.807, 2.05) is 6.92 Å². The first-order chi connectivity index (χ1) is 9.35. The van der Waals surface area contributed by atoms with Gasteiger partial charge in [0.15, 0.2) is 0 Å². The van der Waals surface area contributed by atoms with E-state index in [2.05, 4.69) is 31.1 Å². The van der Waals surface area contributed by atoms with Gasteiger partial charge < -0.3 is 5.32 Å². The quantitative estimate of drug-likeness (QED) is 0.662. The lowest BCUT2D eigenvalue weighted by Crippen LogP contribution is -2.26. The Balaban J connectivity index is 2.53. The maximum atomic E-state index is 11.9. The molecule has 114 valence electrons. The minimum Gasteiger partial charge on any atom is -0.383 e. The van der Waals surface area contributed by atoms with Gasteiger partial charge in [-0.05, 0) is 28.8 Å². The van der Waals surface area contributed by atoms with E-state index in [1.165, 1.54) is 4.68 Å². The van der Waals surface area contributed by atoms with E-state index < -0.39 is 10.0 Å². The van der Waals surface area contributed by atoms with Crippen molar-refractivity contribution < 1.29 is 8.42 Å². The molecule has 20 heavy (non-hydrogen) atoms. The molecule has 0 spiro atoms. The second-order valence-corrected chi connectivity index (χ2v) is 6.97. The lowest BCUT2D eigenvalue weighted by molar-refractivity contribution is 0.565. The van der Waals surface area contributed by atoms with Crippen LogP contribution in [0.5, 0.6) is 0 Å². The van der Waals surface area contributed by atoms with Gasteiger partial charge in [0.2, 0.25) is 10.0 Å². The molecule has 0 saturated heterocycles. The second kappa shape index (κ2) is 7.75. The number of hydrogen-bond donors (Lipinski definition) is 2. The monoisotopic (exact) mass is 366 g/mol. The van der Waals surface area contributed by atoms with Crippen LogP contribution in [0.4, 0.5) is 5.69 Å². The SMILES string of the molecule is CCCn1ncc(NCCCNS(C)(=O)=O)c(Br)c1=O. The Hall–Kier alpha value is -0.930. The number of nitrogens with one attached hydrogen (secondary N) is 2. The van der Waals surface area contributed by atoms with Crippen molar-refractivity contribution in [2.24, 2.45) is 0 Å². The molecule has 0 atom stereocenters. The van der Waals surface area contributed by atoms with E-state index in [4.69, 9.17) is 0 Å². The third-order valence-electron chi connectivity index (χ3n) is 2.45. The van der Waals surface area contributed by atoms with E-state index >= 15 is 0 Å². The molecule has 9 heteroatoms. The normalized spacial score (nSPS) is 11.6. The highest BCUT2D eigenvalue weighted by Crippen LogP contribution is 2.15. The van der Waals surface area contributed by atoms with Crippen LogP contribution in [0.1, 0.15) is 19.8 Å². The molecule has 0 radical (unpaired) electrons. The van der Waals surface area contributed by atoms with Crippen molar-refractivity contribution in [3.05, 3.63) is 21.0 Å². The van der Waals surface area contributed by atoms with Gasteiger partial charge in [0.1, 0.15) is 4.47 Å². The van der Waals surface area contributed by atoms with Crippen LogP contribution in [-0.4, -0.2) is 37.5 Å². The van der Waals surface area contributed by atoms with Crippen molar-refractivity contribution in [3.63, 3.8) is 0 Å². The molecule has 0 aromatic carbocycles. The summed E-state index contributed by atoms with van der Waals surface area (Å²) < 4.78 is 26.0. The minimum absolute atomic E-state index is 0.175. The molecule has 2 N–H and O–H groups in total. The van der Waals surface area contributed by atoms with E-state index in [1.54, 1.807) is 6.20 Å². The van der Waals surface area contributed by atoms with Crippen molar-refractivity contribution in [2.45, 2.75) is 26.3 Å². The molecule has 0 aliphatic heterocycles. The summed E-state index contributed by atoms with van der Waals surface area (Å²) in [5, 5.41) is 7.12. The lowest BCUT2D eigenvalue weighted by Gasteiger charge is -2.10. The van der Waals surface area contributed by atoms with Crippen LogP contribution in [-0.2, 0) is 16.6 Å². The van der Waals surface area contributed by atoms with Crippen LogP contribution >= 0.6 is 15.9 Å². The van der Waals surface area contributed by atoms with Gasteiger partial charge in [0, 0.05) is 19.6 Å². The van der Waals surface area contributed by atoms with Gasteiger partial charge in [-0.15, -0.1) is 0 Å². The molecule has 0 aliphatic rings. The summed E-state index contributed by atoms with van der Waals surface area (Å²) in [7, 11) is -3.15. The Kier molecular flexibility index (Phi) is 6.63. The molecule has 0 aliphatic carbocycles. The minimum atomic E-state index is -3.15. The highest BCUT2D eigenvalue weighted by molar-refractivity contribution is 9.10. The maximum Gasteiger partial charge on any atom is 0.283 e. The van der Waals surface area contributed by atoms with Crippen molar-refractivity contribution in [2.75, 3.05) is 24.7 Å². The molecule has 1 aromatic rings. The number of halogens is 1. The first-order valence-corrected chi connectivity index (χ1v) is 8.97. The van der Waals surface area contributed by atoms with E-state index in [0.717, 1.165) is 12.7 Å². The topological polar surface area (TPSA) is 93.1 Å². The summed E-state index contributed by atoms with van der Waals surface area (Å²) in [4.78, 5) is 11.9. The van der Waals surface area contributed by atoms with Crippen LogP contribution in [0.25, 0.3) is 0 Å². The number of nitrogens with zero attached hydrogens (tertiary/aromatic N) is 2.